The van der Waals surface area contributed by atoms with Crippen molar-refractivity contribution in [2.45, 2.75) is 4.90 Å². The number of sulfone groups is 1. The van der Waals surface area contributed by atoms with E-state index in [1.165, 1.54) is 0 Å². The van der Waals surface area contributed by atoms with E-state index in [0.29, 0.717) is 6.07 Å². The molecule has 0 amide bonds. The van der Waals surface area contributed by atoms with Crippen LogP contribution in [0.25, 0.3) is 0 Å². The Kier molecular flexibility index (Phi) is 2.54. The SMILES string of the molecule is CS(=O)(=O)c1cc(O)c(O)c([N+](=O)[O-])c1. The summed E-state index contributed by atoms with van der Waals surface area (Å²) in [6, 6.07) is 1.43. The van der Waals surface area contributed by atoms with Gasteiger partial charge in [-0.3, -0.25) is 10.1 Å². The van der Waals surface area contributed by atoms with E-state index in [0.717, 1.165) is 12.3 Å². The summed E-state index contributed by atoms with van der Waals surface area (Å²) in [6.45, 7) is 0. The van der Waals surface area contributed by atoms with Gasteiger partial charge in [0.05, 0.1) is 9.82 Å². The maximum absolute atomic E-state index is 11.1. The van der Waals surface area contributed by atoms with Crippen molar-refractivity contribution in [3.8, 4) is 11.5 Å². The fraction of sp³-hybridized carbons (Fsp3) is 0.143. The van der Waals surface area contributed by atoms with Crippen LogP contribution in [0.3, 0.4) is 0 Å². The van der Waals surface area contributed by atoms with Gasteiger partial charge in [0.15, 0.2) is 15.6 Å². The van der Waals surface area contributed by atoms with Crippen LogP contribution in [0.5, 0.6) is 11.5 Å². The number of hydrogen-bond donors (Lipinski definition) is 2. The number of aromatic hydroxyl groups is 2. The lowest BCUT2D eigenvalue weighted by molar-refractivity contribution is -0.386. The second kappa shape index (κ2) is 3.39. The van der Waals surface area contributed by atoms with Crippen LogP contribution in [0.2, 0.25) is 0 Å². The van der Waals surface area contributed by atoms with Crippen LogP contribution in [0, 0.1) is 10.1 Å². The van der Waals surface area contributed by atoms with Crippen LogP contribution in [0.4, 0.5) is 5.69 Å². The van der Waals surface area contributed by atoms with E-state index in [2.05, 4.69) is 0 Å². The van der Waals surface area contributed by atoms with Gasteiger partial charge < -0.3 is 10.2 Å². The fourth-order valence-electron chi connectivity index (χ4n) is 0.932. The van der Waals surface area contributed by atoms with Crippen LogP contribution in [0.1, 0.15) is 0 Å². The van der Waals surface area contributed by atoms with Gasteiger partial charge in [-0.1, -0.05) is 0 Å². The first-order valence-corrected chi connectivity index (χ1v) is 5.53. The van der Waals surface area contributed by atoms with Gasteiger partial charge in [0.25, 0.3) is 0 Å². The standard InChI is InChI=1S/C7H7NO6S/c1-15(13,14)4-2-5(8(11)12)7(10)6(9)3-4/h2-3,9-10H,1H3. The minimum atomic E-state index is -3.67. The van der Waals surface area contributed by atoms with Gasteiger partial charge >= 0.3 is 5.69 Å². The summed E-state index contributed by atoms with van der Waals surface area (Å²) < 4.78 is 22.1. The largest absolute Gasteiger partial charge is 0.504 e. The zero-order valence-electron chi connectivity index (χ0n) is 7.54. The quantitative estimate of drug-likeness (QED) is 0.434. The lowest BCUT2D eigenvalue weighted by Crippen LogP contribution is -1.99. The number of phenols is 2. The van der Waals surface area contributed by atoms with E-state index in [1.807, 2.05) is 0 Å². The van der Waals surface area contributed by atoms with Gasteiger partial charge in [0.1, 0.15) is 0 Å². The van der Waals surface area contributed by atoms with Gasteiger partial charge in [-0.25, -0.2) is 8.42 Å². The minimum Gasteiger partial charge on any atom is -0.504 e. The Labute approximate surface area is 84.7 Å². The first kappa shape index (κ1) is 11.2. The van der Waals surface area contributed by atoms with Crippen molar-refractivity contribution in [3.63, 3.8) is 0 Å². The van der Waals surface area contributed by atoms with Crippen LogP contribution in [0.15, 0.2) is 17.0 Å². The lowest BCUT2D eigenvalue weighted by atomic mass is 10.3. The topological polar surface area (TPSA) is 118 Å². The molecule has 1 aromatic carbocycles. The molecule has 0 atom stereocenters. The first-order chi connectivity index (χ1) is 6.73. The highest BCUT2D eigenvalue weighted by Gasteiger charge is 2.22. The third kappa shape index (κ3) is 2.15. The summed E-state index contributed by atoms with van der Waals surface area (Å²) in [7, 11) is -3.67. The number of nitrogens with zero attached hydrogens (tertiary/aromatic N) is 1. The molecular weight excluding hydrogens is 226 g/mol. The maximum Gasteiger partial charge on any atom is 0.315 e. The van der Waals surface area contributed by atoms with E-state index in [4.69, 9.17) is 10.2 Å². The minimum absolute atomic E-state index is 0.426. The molecule has 0 aromatic heterocycles. The van der Waals surface area contributed by atoms with Gasteiger partial charge in [-0.2, -0.15) is 0 Å². The number of benzene rings is 1. The van der Waals surface area contributed by atoms with Crippen LogP contribution in [-0.2, 0) is 9.84 Å². The molecule has 0 saturated carbocycles. The third-order valence-electron chi connectivity index (χ3n) is 1.67. The molecule has 0 spiro atoms. The molecule has 2 N–H and O–H groups in total. The predicted octanol–water partition coefficient (Wildman–Crippen LogP) is 0.410. The van der Waals surface area contributed by atoms with Crippen molar-refractivity contribution in [1.82, 2.24) is 0 Å². The molecule has 0 aliphatic carbocycles. The molecule has 0 radical (unpaired) electrons. The Hall–Kier alpha value is -1.83. The van der Waals surface area contributed by atoms with E-state index >= 15 is 0 Å². The van der Waals surface area contributed by atoms with Crippen molar-refractivity contribution in [2.75, 3.05) is 6.26 Å². The number of nitro benzene ring substituents is 1. The second-order valence-electron chi connectivity index (χ2n) is 2.84. The number of hydrogen-bond acceptors (Lipinski definition) is 6. The van der Waals surface area contributed by atoms with E-state index in [9.17, 15) is 18.5 Å². The zero-order valence-corrected chi connectivity index (χ0v) is 8.35. The molecule has 1 aromatic rings. The second-order valence-corrected chi connectivity index (χ2v) is 4.86. The molecular formula is C7H7NO6S. The zero-order chi connectivity index (χ0) is 11.8. The molecule has 8 heteroatoms. The molecule has 0 aliphatic heterocycles. The highest BCUT2D eigenvalue weighted by Crippen LogP contribution is 2.37. The number of phenolic OH excluding ortho intramolecular Hbond substituents is 2. The first-order valence-electron chi connectivity index (χ1n) is 3.64. The van der Waals surface area contributed by atoms with E-state index in [-0.39, 0.29) is 0 Å². The molecule has 0 aliphatic rings. The summed E-state index contributed by atoms with van der Waals surface area (Å²) in [6.07, 6.45) is 0.836. The van der Waals surface area contributed by atoms with Crippen molar-refractivity contribution < 1.29 is 23.6 Å². The Morgan fingerprint density at radius 1 is 1.33 bits per heavy atom. The van der Waals surface area contributed by atoms with Crippen LogP contribution < -0.4 is 0 Å². The lowest BCUT2D eigenvalue weighted by Gasteiger charge is -2.02. The van der Waals surface area contributed by atoms with Gasteiger partial charge in [-0.15, -0.1) is 0 Å². The Bertz CT molecular complexity index is 521. The normalized spacial score (nSPS) is 11.3. The molecule has 0 unspecified atom stereocenters. The van der Waals surface area contributed by atoms with Crippen molar-refractivity contribution in [1.29, 1.82) is 0 Å². The Balaban J connectivity index is 3.57. The van der Waals surface area contributed by atoms with E-state index < -0.39 is 36.8 Å². The van der Waals surface area contributed by atoms with Crippen LogP contribution >= 0.6 is 0 Å². The molecule has 15 heavy (non-hydrogen) atoms. The van der Waals surface area contributed by atoms with Crippen molar-refractivity contribution in [3.05, 3.63) is 22.2 Å². The average molecular weight is 233 g/mol. The van der Waals surface area contributed by atoms with Crippen LogP contribution in [-0.4, -0.2) is 29.8 Å². The summed E-state index contributed by atoms with van der Waals surface area (Å²) >= 11 is 0. The Morgan fingerprint density at radius 3 is 2.27 bits per heavy atom. The Morgan fingerprint density at radius 2 is 1.87 bits per heavy atom. The van der Waals surface area contributed by atoms with Gasteiger partial charge in [0.2, 0.25) is 5.75 Å². The molecule has 0 saturated heterocycles. The fourth-order valence-corrected chi connectivity index (χ4v) is 1.58. The predicted molar refractivity (Wildman–Crippen MR) is 49.5 cm³/mol. The maximum atomic E-state index is 11.1. The summed E-state index contributed by atoms with van der Waals surface area (Å²) in [5, 5.41) is 28.5. The van der Waals surface area contributed by atoms with Gasteiger partial charge in [-0.05, 0) is 0 Å². The smallest absolute Gasteiger partial charge is 0.315 e. The molecule has 1 rings (SSSR count). The van der Waals surface area contributed by atoms with Crippen molar-refractivity contribution >= 4 is 15.5 Å². The van der Waals surface area contributed by atoms with Gasteiger partial charge in [0, 0.05) is 18.4 Å². The average Bonchev–Trinajstić information content (AvgIpc) is 2.06. The summed E-state index contributed by atoms with van der Waals surface area (Å²) in [5.41, 5.74) is -0.851. The van der Waals surface area contributed by atoms with Crippen molar-refractivity contribution in [2.24, 2.45) is 0 Å². The monoisotopic (exact) mass is 233 g/mol. The summed E-state index contributed by atoms with van der Waals surface area (Å²) in [5.74, 6) is -1.79. The highest BCUT2D eigenvalue weighted by atomic mass is 32.2. The summed E-state index contributed by atoms with van der Waals surface area (Å²) in [4.78, 5) is 8.98. The highest BCUT2D eigenvalue weighted by molar-refractivity contribution is 7.90. The number of nitro groups is 1. The molecule has 0 heterocycles. The van der Waals surface area contributed by atoms with E-state index in [1.54, 1.807) is 0 Å². The third-order valence-corrected chi connectivity index (χ3v) is 2.76. The molecule has 0 bridgehead atoms. The molecule has 7 nitrogen and oxygen atoms in total. The molecule has 82 valence electrons. The molecule has 0 fully saturated rings. The number of rotatable bonds is 2.